The summed E-state index contributed by atoms with van der Waals surface area (Å²) in [4.78, 5) is 93.5. The van der Waals surface area contributed by atoms with E-state index in [2.05, 4.69) is 20.9 Å². The SMILES string of the molecule is C[S@](=O)CC[C@@H]1NC(=O)[C@@H]2CCCN2C(=O)[C@@H]2CCCN2C(=O)[C@H](CC[S@@](C)=O)NC(=O)c2csc(n2)[C@H](Cc2ccccc2)NC(=O)[C@@H]2CCCN2C1=O. The number of amides is 6. The minimum atomic E-state index is -1.27. The molecular formula is C37H49N7O8S3. The number of nitrogens with zero attached hydrogens (tertiary/aromatic N) is 4. The molecule has 1 aromatic carbocycles. The number of carbonyl (C=O) groups excluding carboxylic acids is 6. The minimum absolute atomic E-state index is 0.0426. The van der Waals surface area contributed by atoms with Crippen molar-refractivity contribution in [2.75, 3.05) is 43.7 Å². The first-order chi connectivity index (χ1) is 26.4. The fraction of sp³-hybridized carbons (Fsp3) is 0.595. The summed E-state index contributed by atoms with van der Waals surface area (Å²) in [6, 6.07) is 4.02. The molecule has 15 nitrogen and oxygen atoms in total. The number of thiazole rings is 1. The Balaban J connectivity index is 1.37. The van der Waals surface area contributed by atoms with Crippen molar-refractivity contribution >= 4 is 68.4 Å². The van der Waals surface area contributed by atoms with Crippen LogP contribution in [0.1, 0.15) is 78.5 Å². The van der Waals surface area contributed by atoms with E-state index in [1.807, 2.05) is 30.3 Å². The number of rotatable bonds is 8. The van der Waals surface area contributed by atoms with Crippen LogP contribution in [-0.2, 0) is 52.0 Å². The third-order valence-corrected chi connectivity index (χ3v) is 13.3. The van der Waals surface area contributed by atoms with Crippen LogP contribution < -0.4 is 16.0 Å². The second-order valence-corrected chi connectivity index (χ2v) is 18.6. The van der Waals surface area contributed by atoms with Gasteiger partial charge in [0.1, 0.15) is 40.9 Å². The van der Waals surface area contributed by atoms with E-state index in [9.17, 15) is 37.2 Å². The topological polar surface area (TPSA) is 195 Å². The van der Waals surface area contributed by atoms with E-state index in [1.165, 1.54) is 38.5 Å². The average molecular weight is 816 g/mol. The lowest BCUT2D eigenvalue weighted by atomic mass is 10.1. The molecule has 6 amide bonds. The lowest BCUT2D eigenvalue weighted by molar-refractivity contribution is -0.148. The van der Waals surface area contributed by atoms with Crippen molar-refractivity contribution in [1.29, 1.82) is 0 Å². The van der Waals surface area contributed by atoms with Crippen molar-refractivity contribution in [1.82, 2.24) is 35.6 Å². The van der Waals surface area contributed by atoms with Crippen LogP contribution in [0.25, 0.3) is 0 Å². The van der Waals surface area contributed by atoms with Gasteiger partial charge in [0.15, 0.2) is 0 Å². The first kappa shape index (κ1) is 40.6. The molecule has 3 N–H and O–H groups in total. The standard InChI is InChI=1S/C37H49N7O8S3/c1-54(51)19-14-24-36(49)44-18-8-13-30(44)37(50)43-17-7-12-29(43)32(46)39-25(15-20-55(2)52)35(48)42-16-6-11-28(42)33(47)40-26(21-23-9-4-3-5-10-23)34-41-27(22-53-34)31(45)38-24/h3-5,9-10,22,24-26,28-30H,6-8,11-21H2,1-2H3,(H,38,45)(H,39,46)(H,40,47)/t24-,25-,26-,28-,29-,30-,54+,55-/m0/s1. The second kappa shape index (κ2) is 18.3. The van der Waals surface area contributed by atoms with E-state index in [1.54, 1.807) is 5.38 Å². The summed E-state index contributed by atoms with van der Waals surface area (Å²) in [5.41, 5.74) is 0.948. The van der Waals surface area contributed by atoms with Crippen LogP contribution in [0.3, 0.4) is 0 Å². The Morgan fingerprint density at radius 1 is 0.673 bits per heavy atom. The van der Waals surface area contributed by atoms with Gasteiger partial charge in [-0.15, -0.1) is 11.3 Å². The van der Waals surface area contributed by atoms with Crippen LogP contribution in [0.5, 0.6) is 0 Å². The second-order valence-electron chi connectivity index (χ2n) is 14.6. The molecule has 4 aliphatic heterocycles. The number of hydrogen-bond donors (Lipinski definition) is 3. The van der Waals surface area contributed by atoms with Gasteiger partial charge in [-0.25, -0.2) is 4.98 Å². The van der Waals surface area contributed by atoms with Crippen molar-refractivity contribution in [3.05, 3.63) is 52.0 Å². The Hall–Kier alpha value is -4.03. The van der Waals surface area contributed by atoms with Crippen molar-refractivity contribution < 1.29 is 37.2 Å². The Labute approximate surface area is 329 Å². The van der Waals surface area contributed by atoms with Crippen molar-refractivity contribution in [2.45, 2.75) is 94.0 Å². The molecule has 6 rings (SSSR count). The molecule has 18 heteroatoms. The van der Waals surface area contributed by atoms with Gasteiger partial charge in [0.2, 0.25) is 29.5 Å². The van der Waals surface area contributed by atoms with Crippen molar-refractivity contribution in [2.24, 2.45) is 0 Å². The number of aromatic nitrogens is 1. The molecule has 4 aliphatic rings. The summed E-state index contributed by atoms with van der Waals surface area (Å²) in [5.74, 6) is -2.61. The van der Waals surface area contributed by atoms with E-state index in [-0.39, 0.29) is 55.6 Å². The van der Waals surface area contributed by atoms with Gasteiger partial charge in [-0.3, -0.25) is 37.2 Å². The average Bonchev–Trinajstić information content (AvgIpc) is 4.00. The van der Waals surface area contributed by atoms with Crippen LogP contribution in [0.15, 0.2) is 35.7 Å². The van der Waals surface area contributed by atoms with Gasteiger partial charge >= 0.3 is 0 Å². The normalized spacial score (nSPS) is 28.1. The van der Waals surface area contributed by atoms with Gasteiger partial charge in [-0.1, -0.05) is 30.3 Å². The van der Waals surface area contributed by atoms with E-state index in [4.69, 9.17) is 0 Å². The third kappa shape index (κ3) is 9.68. The first-order valence-electron chi connectivity index (χ1n) is 18.8. The lowest BCUT2D eigenvalue weighted by Crippen LogP contribution is -2.58. The Kier molecular flexibility index (Phi) is 13.5. The summed E-state index contributed by atoms with van der Waals surface area (Å²) in [6.45, 7) is 0.841. The van der Waals surface area contributed by atoms with Crippen LogP contribution >= 0.6 is 11.3 Å². The highest BCUT2D eigenvalue weighted by molar-refractivity contribution is 7.84. The Morgan fingerprint density at radius 2 is 1.16 bits per heavy atom. The molecule has 0 saturated carbocycles. The zero-order valence-electron chi connectivity index (χ0n) is 31.1. The maximum atomic E-state index is 14.3. The molecule has 55 heavy (non-hydrogen) atoms. The summed E-state index contributed by atoms with van der Waals surface area (Å²) < 4.78 is 24.4. The number of benzene rings is 1. The fourth-order valence-electron chi connectivity index (χ4n) is 7.94. The van der Waals surface area contributed by atoms with E-state index in [0.717, 1.165) is 5.56 Å². The minimum Gasteiger partial charge on any atom is -0.345 e. The number of hydrogen-bond acceptors (Lipinski definition) is 10. The molecule has 3 saturated heterocycles. The van der Waals surface area contributed by atoms with E-state index in [0.29, 0.717) is 50.0 Å². The maximum absolute atomic E-state index is 14.3. The van der Waals surface area contributed by atoms with E-state index < -0.39 is 87.4 Å². The summed E-state index contributed by atoms with van der Waals surface area (Å²) in [5, 5.41) is 10.8. The largest absolute Gasteiger partial charge is 0.345 e. The van der Waals surface area contributed by atoms with Gasteiger partial charge in [0.25, 0.3) is 5.91 Å². The molecule has 3 fully saturated rings. The summed E-state index contributed by atoms with van der Waals surface area (Å²) >= 11 is 1.18. The number of nitrogens with one attached hydrogen (secondary N) is 3. The van der Waals surface area contributed by atoms with Crippen LogP contribution in [0, 0.1) is 0 Å². The lowest BCUT2D eigenvalue weighted by Gasteiger charge is -2.34. The smallest absolute Gasteiger partial charge is 0.271 e. The van der Waals surface area contributed by atoms with Gasteiger partial charge in [0, 0.05) is 70.6 Å². The third-order valence-electron chi connectivity index (χ3n) is 10.8. The van der Waals surface area contributed by atoms with Crippen LogP contribution in [-0.4, -0.2) is 137 Å². The highest BCUT2D eigenvalue weighted by Crippen LogP contribution is 2.28. The first-order valence-corrected chi connectivity index (χ1v) is 23.2. The molecule has 8 atom stereocenters. The van der Waals surface area contributed by atoms with Crippen LogP contribution in [0.4, 0.5) is 0 Å². The van der Waals surface area contributed by atoms with Crippen LogP contribution in [0.2, 0.25) is 0 Å². The Morgan fingerprint density at radius 3 is 1.73 bits per heavy atom. The molecule has 2 aromatic rings. The number of carbonyl (C=O) groups is 6. The molecule has 0 spiro atoms. The van der Waals surface area contributed by atoms with Crippen molar-refractivity contribution in [3.63, 3.8) is 0 Å². The van der Waals surface area contributed by atoms with Gasteiger partial charge in [0.05, 0.1) is 6.04 Å². The fourth-order valence-corrected chi connectivity index (χ4v) is 9.92. The molecule has 2 bridgehead atoms. The van der Waals surface area contributed by atoms with E-state index >= 15 is 0 Å². The van der Waals surface area contributed by atoms with Gasteiger partial charge < -0.3 is 30.7 Å². The maximum Gasteiger partial charge on any atom is 0.271 e. The molecule has 5 heterocycles. The molecule has 0 unspecified atom stereocenters. The highest BCUT2D eigenvalue weighted by Gasteiger charge is 2.45. The molecule has 1 aromatic heterocycles. The Bertz CT molecular complexity index is 1830. The highest BCUT2D eigenvalue weighted by atomic mass is 32.2. The zero-order chi connectivity index (χ0) is 39.2. The summed E-state index contributed by atoms with van der Waals surface area (Å²) in [6.07, 6.45) is 6.27. The van der Waals surface area contributed by atoms with Gasteiger partial charge in [-0.2, -0.15) is 0 Å². The molecule has 0 aliphatic carbocycles. The van der Waals surface area contributed by atoms with Gasteiger partial charge in [-0.05, 0) is 63.4 Å². The molecule has 0 radical (unpaired) electrons. The molecular weight excluding hydrogens is 767 g/mol. The zero-order valence-corrected chi connectivity index (χ0v) is 33.6. The monoisotopic (exact) mass is 815 g/mol. The molecule has 298 valence electrons. The number of fused-ring (bicyclic) bond motifs is 5. The quantitative estimate of drug-likeness (QED) is 0.343. The van der Waals surface area contributed by atoms with Crippen molar-refractivity contribution in [3.8, 4) is 0 Å². The predicted octanol–water partition coefficient (Wildman–Crippen LogP) is 0.650. The summed E-state index contributed by atoms with van der Waals surface area (Å²) in [7, 11) is -2.54. The predicted molar refractivity (Wildman–Crippen MR) is 208 cm³/mol.